The van der Waals surface area contributed by atoms with Crippen molar-refractivity contribution in [3.63, 3.8) is 0 Å². The molecule has 0 unspecified atom stereocenters. The van der Waals surface area contributed by atoms with Gasteiger partial charge in [-0.1, -0.05) is 28.1 Å². The van der Waals surface area contributed by atoms with Gasteiger partial charge in [-0.3, -0.25) is 0 Å². The Morgan fingerprint density at radius 1 is 1.42 bits per heavy atom. The van der Waals surface area contributed by atoms with Crippen LogP contribution in [-0.2, 0) is 16.1 Å². The fraction of sp³-hybridized carbons (Fsp3) is 0.231. The van der Waals surface area contributed by atoms with Crippen LogP contribution in [0.5, 0.6) is 0 Å². The number of ether oxygens (including phenoxy) is 2. The fourth-order valence-electron chi connectivity index (χ4n) is 1.58. The summed E-state index contributed by atoms with van der Waals surface area (Å²) in [6.45, 7) is 0.287. The number of halogens is 1. The van der Waals surface area contributed by atoms with Gasteiger partial charge in [0.25, 0.3) is 0 Å². The average molecular weight is 342 g/mol. The first-order valence-corrected chi connectivity index (χ1v) is 7.09. The number of thiazole rings is 1. The number of carbonyl (C=O) groups excluding carboxylic acids is 1. The van der Waals surface area contributed by atoms with Gasteiger partial charge in [0.05, 0.1) is 19.4 Å². The molecule has 0 spiro atoms. The lowest BCUT2D eigenvalue weighted by Gasteiger charge is -1.98. The zero-order valence-corrected chi connectivity index (χ0v) is 12.9. The number of nitrogens with zero attached hydrogens (tertiary/aromatic N) is 1. The van der Waals surface area contributed by atoms with Crippen molar-refractivity contribution in [2.45, 2.75) is 6.61 Å². The maximum absolute atomic E-state index is 11.7. The Morgan fingerprint density at radius 2 is 2.21 bits per heavy atom. The van der Waals surface area contributed by atoms with Crippen LogP contribution < -0.4 is 0 Å². The summed E-state index contributed by atoms with van der Waals surface area (Å²) in [7, 11) is 2.93. The minimum Gasteiger partial charge on any atom is -0.465 e. The number of hydrogen-bond acceptors (Lipinski definition) is 5. The Labute approximate surface area is 123 Å². The van der Waals surface area contributed by atoms with Crippen LogP contribution in [0.1, 0.15) is 15.4 Å². The largest absolute Gasteiger partial charge is 0.465 e. The van der Waals surface area contributed by atoms with E-state index >= 15 is 0 Å². The molecule has 0 aliphatic heterocycles. The standard InChI is InChI=1S/C13H12BrNO3S/c1-17-7-10-11(13(16)18-2)19-12(15-10)8-4-3-5-9(14)6-8/h3-6H,7H2,1-2H3. The van der Waals surface area contributed by atoms with Gasteiger partial charge >= 0.3 is 5.97 Å². The molecular weight excluding hydrogens is 330 g/mol. The molecule has 0 bridgehead atoms. The van der Waals surface area contributed by atoms with Gasteiger partial charge in [-0.2, -0.15) is 0 Å². The third-order valence-corrected chi connectivity index (χ3v) is 4.04. The Balaban J connectivity index is 2.45. The molecule has 2 rings (SSSR count). The summed E-state index contributed by atoms with van der Waals surface area (Å²) in [6.07, 6.45) is 0. The molecule has 0 atom stereocenters. The van der Waals surface area contributed by atoms with Crippen LogP contribution in [0.4, 0.5) is 0 Å². The van der Waals surface area contributed by atoms with Gasteiger partial charge in [0, 0.05) is 17.1 Å². The van der Waals surface area contributed by atoms with Crippen molar-refractivity contribution in [1.82, 2.24) is 4.98 Å². The maximum Gasteiger partial charge on any atom is 0.350 e. The Hall–Kier alpha value is -1.24. The summed E-state index contributed by atoms with van der Waals surface area (Å²) >= 11 is 4.73. The molecule has 0 aliphatic rings. The topological polar surface area (TPSA) is 48.4 Å². The van der Waals surface area contributed by atoms with Crippen LogP contribution in [0, 0.1) is 0 Å². The number of hydrogen-bond donors (Lipinski definition) is 0. The van der Waals surface area contributed by atoms with Crippen LogP contribution in [-0.4, -0.2) is 25.2 Å². The molecule has 0 aliphatic carbocycles. The second-order valence-corrected chi connectivity index (χ2v) is 5.64. The van der Waals surface area contributed by atoms with E-state index in [9.17, 15) is 4.79 Å². The first-order valence-electron chi connectivity index (χ1n) is 5.48. The van der Waals surface area contributed by atoms with Crippen LogP contribution in [0.15, 0.2) is 28.7 Å². The van der Waals surface area contributed by atoms with Crippen LogP contribution >= 0.6 is 27.3 Å². The van der Waals surface area contributed by atoms with Gasteiger partial charge in [-0.25, -0.2) is 9.78 Å². The maximum atomic E-state index is 11.7. The van der Waals surface area contributed by atoms with E-state index in [2.05, 4.69) is 20.9 Å². The van der Waals surface area contributed by atoms with Crippen molar-refractivity contribution >= 4 is 33.2 Å². The quantitative estimate of drug-likeness (QED) is 0.798. The van der Waals surface area contributed by atoms with Gasteiger partial charge in [-0.05, 0) is 12.1 Å². The third kappa shape index (κ3) is 3.20. The predicted molar refractivity (Wildman–Crippen MR) is 77.3 cm³/mol. The van der Waals surface area contributed by atoms with Gasteiger partial charge < -0.3 is 9.47 Å². The minimum atomic E-state index is -0.384. The van der Waals surface area contributed by atoms with Gasteiger partial charge in [0.2, 0.25) is 0 Å². The summed E-state index contributed by atoms with van der Waals surface area (Å²) in [6, 6.07) is 7.76. The number of aromatic nitrogens is 1. The Morgan fingerprint density at radius 3 is 2.84 bits per heavy atom. The molecule has 0 saturated carbocycles. The molecule has 1 aromatic carbocycles. The molecule has 0 saturated heterocycles. The Bertz CT molecular complexity index is 597. The number of rotatable bonds is 4. The van der Waals surface area contributed by atoms with E-state index < -0.39 is 0 Å². The van der Waals surface area contributed by atoms with Crippen molar-refractivity contribution in [3.8, 4) is 10.6 Å². The highest BCUT2D eigenvalue weighted by molar-refractivity contribution is 9.10. The number of esters is 1. The summed E-state index contributed by atoms with van der Waals surface area (Å²) in [5.41, 5.74) is 1.56. The average Bonchev–Trinajstić information content (AvgIpc) is 2.82. The number of methoxy groups -OCH3 is 2. The van der Waals surface area contributed by atoms with Crippen molar-refractivity contribution < 1.29 is 14.3 Å². The molecule has 1 heterocycles. The summed E-state index contributed by atoms with van der Waals surface area (Å²) in [5.74, 6) is -0.384. The summed E-state index contributed by atoms with van der Waals surface area (Å²) in [4.78, 5) is 16.6. The summed E-state index contributed by atoms with van der Waals surface area (Å²) < 4.78 is 10.8. The van der Waals surface area contributed by atoms with Crippen molar-refractivity contribution in [3.05, 3.63) is 39.3 Å². The highest BCUT2D eigenvalue weighted by Crippen LogP contribution is 2.30. The Kier molecular flexibility index (Phi) is 4.68. The van der Waals surface area contributed by atoms with Gasteiger partial charge in [0.15, 0.2) is 0 Å². The lowest BCUT2D eigenvalue weighted by molar-refractivity contribution is 0.0601. The fourth-order valence-corrected chi connectivity index (χ4v) is 2.97. The van der Waals surface area contributed by atoms with Crippen LogP contribution in [0.25, 0.3) is 10.6 Å². The van der Waals surface area contributed by atoms with Gasteiger partial charge in [0.1, 0.15) is 9.88 Å². The number of benzene rings is 1. The van der Waals surface area contributed by atoms with E-state index in [1.165, 1.54) is 18.4 Å². The molecule has 0 radical (unpaired) electrons. The normalized spacial score (nSPS) is 10.5. The lowest BCUT2D eigenvalue weighted by atomic mass is 10.2. The minimum absolute atomic E-state index is 0.287. The SMILES string of the molecule is COCc1nc(-c2cccc(Br)c2)sc1C(=O)OC. The van der Waals surface area contributed by atoms with E-state index in [-0.39, 0.29) is 12.6 Å². The lowest BCUT2D eigenvalue weighted by Crippen LogP contribution is -2.03. The zero-order valence-electron chi connectivity index (χ0n) is 10.5. The molecule has 100 valence electrons. The predicted octanol–water partition coefficient (Wildman–Crippen LogP) is 3.51. The first kappa shape index (κ1) is 14.2. The molecule has 0 fully saturated rings. The van der Waals surface area contributed by atoms with Crippen molar-refractivity contribution in [2.75, 3.05) is 14.2 Å². The molecule has 1 aromatic heterocycles. The highest BCUT2D eigenvalue weighted by atomic mass is 79.9. The molecule has 0 N–H and O–H groups in total. The molecule has 2 aromatic rings. The molecule has 19 heavy (non-hydrogen) atoms. The first-order chi connectivity index (χ1) is 9.15. The summed E-state index contributed by atoms with van der Waals surface area (Å²) in [5, 5.41) is 0.772. The van der Waals surface area contributed by atoms with Crippen molar-refractivity contribution in [1.29, 1.82) is 0 Å². The molecule has 6 heteroatoms. The second-order valence-electron chi connectivity index (χ2n) is 3.73. The smallest absolute Gasteiger partial charge is 0.350 e. The third-order valence-electron chi connectivity index (χ3n) is 2.42. The van der Waals surface area contributed by atoms with E-state index in [0.717, 1.165) is 15.0 Å². The van der Waals surface area contributed by atoms with E-state index in [0.29, 0.717) is 10.6 Å². The second kappa shape index (κ2) is 6.27. The van der Waals surface area contributed by atoms with Crippen LogP contribution in [0.2, 0.25) is 0 Å². The van der Waals surface area contributed by atoms with E-state index in [4.69, 9.17) is 9.47 Å². The zero-order chi connectivity index (χ0) is 13.8. The molecule has 0 amide bonds. The monoisotopic (exact) mass is 341 g/mol. The highest BCUT2D eigenvalue weighted by Gasteiger charge is 2.19. The van der Waals surface area contributed by atoms with Crippen LogP contribution in [0.3, 0.4) is 0 Å². The molecule has 4 nitrogen and oxygen atoms in total. The van der Waals surface area contributed by atoms with E-state index in [1.54, 1.807) is 7.11 Å². The van der Waals surface area contributed by atoms with Gasteiger partial charge in [-0.15, -0.1) is 11.3 Å². The molecular formula is C13H12BrNO3S. The van der Waals surface area contributed by atoms with E-state index in [1.807, 2.05) is 24.3 Å². The number of carbonyl (C=O) groups is 1. The van der Waals surface area contributed by atoms with Crippen molar-refractivity contribution in [2.24, 2.45) is 0 Å².